The van der Waals surface area contributed by atoms with Crippen LogP contribution in [0.4, 0.5) is 10.6 Å². The minimum Gasteiger partial charge on any atom is -0.456 e. The van der Waals surface area contributed by atoms with Crippen molar-refractivity contribution in [2.24, 2.45) is 0 Å². The maximum Gasteiger partial charge on any atom is 0.321 e. The van der Waals surface area contributed by atoms with Crippen LogP contribution in [0.3, 0.4) is 0 Å². The number of anilines is 1. The number of piperazine rings is 1. The zero-order valence-corrected chi connectivity index (χ0v) is 21.9. The van der Waals surface area contributed by atoms with E-state index in [4.69, 9.17) is 9.15 Å². The highest BCUT2D eigenvalue weighted by molar-refractivity contribution is 6.03. The Kier molecular flexibility index (Phi) is 6.97. The third kappa shape index (κ3) is 4.69. The predicted molar refractivity (Wildman–Crippen MR) is 132 cm³/mol. The van der Waals surface area contributed by atoms with E-state index < -0.39 is 5.54 Å². The fraction of sp³-hybridized carbons (Fsp3) is 0.640. The fourth-order valence-electron chi connectivity index (χ4n) is 5.30. The number of H-pyrrole nitrogens is 1. The third-order valence-corrected chi connectivity index (χ3v) is 7.33. The summed E-state index contributed by atoms with van der Waals surface area (Å²) in [5.74, 6) is 1.04. The number of hydrogen-bond donors (Lipinski definition) is 2. The molecular weight excluding hydrogens is 448 g/mol. The molecule has 10 nitrogen and oxygen atoms in total. The molecule has 192 valence electrons. The molecule has 2 aliphatic heterocycles. The molecule has 0 bridgehead atoms. The van der Waals surface area contributed by atoms with Crippen molar-refractivity contribution in [1.29, 1.82) is 0 Å². The van der Waals surface area contributed by atoms with Crippen molar-refractivity contribution >= 4 is 17.8 Å². The predicted octanol–water partition coefficient (Wildman–Crippen LogP) is 3.47. The standard InChI is InChI=1S/C25H38N6O4/c1-15-11-18(4)35-20(15)23(32)26-22-19-14-31(25(5,6)21(19)27-28-22)24(33)30-13-16(2)29(12-17(30)3)9-8-10-34-7/h11,16-17H,8-10,12-14H2,1-7H3,(H2,26,27,28,32)/t16-,17+/m1/s1. The Balaban J connectivity index is 1.47. The highest BCUT2D eigenvalue weighted by atomic mass is 16.5. The molecule has 35 heavy (non-hydrogen) atoms. The first-order chi connectivity index (χ1) is 16.5. The summed E-state index contributed by atoms with van der Waals surface area (Å²) < 4.78 is 10.7. The second kappa shape index (κ2) is 9.66. The average Bonchev–Trinajstić information content (AvgIpc) is 3.43. The summed E-state index contributed by atoms with van der Waals surface area (Å²) in [4.78, 5) is 32.9. The normalized spacial score (nSPS) is 21.9. The van der Waals surface area contributed by atoms with Crippen molar-refractivity contribution in [1.82, 2.24) is 24.9 Å². The molecule has 4 heterocycles. The van der Waals surface area contributed by atoms with Gasteiger partial charge < -0.3 is 24.3 Å². The van der Waals surface area contributed by atoms with Crippen molar-refractivity contribution in [3.05, 3.63) is 34.4 Å². The van der Waals surface area contributed by atoms with Crippen molar-refractivity contribution in [2.75, 3.05) is 38.7 Å². The molecular formula is C25H38N6O4. The van der Waals surface area contributed by atoms with Gasteiger partial charge in [-0.25, -0.2) is 4.79 Å². The number of rotatable bonds is 6. The van der Waals surface area contributed by atoms with Gasteiger partial charge in [0.1, 0.15) is 5.76 Å². The molecule has 0 spiro atoms. The van der Waals surface area contributed by atoms with Crippen LogP contribution in [0.1, 0.15) is 67.3 Å². The number of hydrogen-bond acceptors (Lipinski definition) is 6. The van der Waals surface area contributed by atoms with E-state index in [0.717, 1.165) is 42.9 Å². The number of furan rings is 1. The van der Waals surface area contributed by atoms with Gasteiger partial charge >= 0.3 is 6.03 Å². The first-order valence-electron chi connectivity index (χ1n) is 12.3. The zero-order valence-electron chi connectivity index (χ0n) is 21.9. The number of aryl methyl sites for hydroxylation is 2. The van der Waals surface area contributed by atoms with Gasteiger partial charge in [-0.15, -0.1) is 0 Å². The molecule has 2 aromatic heterocycles. The summed E-state index contributed by atoms with van der Waals surface area (Å²) in [5, 5.41) is 10.3. The number of amides is 3. The van der Waals surface area contributed by atoms with Crippen LogP contribution in [0, 0.1) is 13.8 Å². The first-order valence-corrected chi connectivity index (χ1v) is 12.3. The first kappa shape index (κ1) is 25.2. The number of nitrogens with one attached hydrogen (secondary N) is 2. The van der Waals surface area contributed by atoms with E-state index in [1.54, 1.807) is 7.11 Å². The Labute approximate surface area is 207 Å². The highest BCUT2D eigenvalue weighted by Gasteiger charge is 2.46. The number of carbonyl (C=O) groups is 2. The smallest absolute Gasteiger partial charge is 0.321 e. The lowest BCUT2D eigenvalue weighted by Gasteiger charge is -2.46. The zero-order chi connectivity index (χ0) is 25.5. The van der Waals surface area contributed by atoms with Gasteiger partial charge in [0, 0.05) is 56.6 Å². The van der Waals surface area contributed by atoms with E-state index in [9.17, 15) is 9.59 Å². The van der Waals surface area contributed by atoms with Gasteiger partial charge in [-0.05, 0) is 54.0 Å². The highest BCUT2D eigenvalue weighted by Crippen LogP contribution is 2.41. The van der Waals surface area contributed by atoms with Crippen LogP contribution >= 0.6 is 0 Å². The van der Waals surface area contributed by atoms with Gasteiger partial charge in [0.15, 0.2) is 11.6 Å². The molecule has 0 unspecified atom stereocenters. The SMILES string of the molecule is COCCCN1C[C@H](C)N(C(=O)N2Cc3c(NC(=O)c4oc(C)cc4C)n[nH]c3C2(C)C)C[C@H]1C. The van der Waals surface area contributed by atoms with Crippen molar-refractivity contribution in [3.63, 3.8) is 0 Å². The van der Waals surface area contributed by atoms with Crippen LogP contribution in [0.2, 0.25) is 0 Å². The van der Waals surface area contributed by atoms with Gasteiger partial charge in [-0.1, -0.05) is 0 Å². The molecule has 0 aromatic carbocycles. The number of methoxy groups -OCH3 is 1. The molecule has 0 saturated carbocycles. The number of aromatic amines is 1. The lowest BCUT2D eigenvalue weighted by atomic mass is 10.0. The maximum absolute atomic E-state index is 13.8. The van der Waals surface area contributed by atoms with E-state index in [-0.39, 0.29) is 29.8 Å². The van der Waals surface area contributed by atoms with E-state index in [0.29, 0.717) is 24.7 Å². The topological polar surface area (TPSA) is 107 Å². The Hall–Kier alpha value is -2.85. The number of ether oxygens (including phenoxy) is 1. The van der Waals surface area contributed by atoms with Crippen LogP contribution < -0.4 is 5.32 Å². The fourth-order valence-corrected chi connectivity index (χ4v) is 5.30. The van der Waals surface area contributed by atoms with E-state index >= 15 is 0 Å². The Morgan fingerprint density at radius 2 is 2.00 bits per heavy atom. The largest absolute Gasteiger partial charge is 0.456 e. The molecule has 0 radical (unpaired) electrons. The molecule has 1 fully saturated rings. The lowest BCUT2D eigenvalue weighted by molar-refractivity contribution is 0.0315. The van der Waals surface area contributed by atoms with Gasteiger partial charge in [-0.3, -0.25) is 14.8 Å². The van der Waals surface area contributed by atoms with Gasteiger partial charge in [-0.2, -0.15) is 5.10 Å². The minimum absolute atomic E-state index is 0.00488. The number of nitrogens with zero attached hydrogens (tertiary/aromatic N) is 4. The Morgan fingerprint density at radius 3 is 2.66 bits per heavy atom. The van der Waals surface area contributed by atoms with Crippen molar-refractivity contribution < 1.29 is 18.7 Å². The average molecular weight is 487 g/mol. The molecule has 2 aliphatic rings. The maximum atomic E-state index is 13.8. The summed E-state index contributed by atoms with van der Waals surface area (Å²) in [7, 11) is 1.72. The van der Waals surface area contributed by atoms with Crippen LogP contribution in [-0.4, -0.2) is 82.3 Å². The van der Waals surface area contributed by atoms with Gasteiger partial charge in [0.25, 0.3) is 5.91 Å². The summed E-state index contributed by atoms with van der Waals surface area (Å²) in [5.41, 5.74) is 1.86. The van der Waals surface area contributed by atoms with Crippen LogP contribution in [0.5, 0.6) is 0 Å². The summed E-state index contributed by atoms with van der Waals surface area (Å²) in [6, 6.07) is 2.20. The molecule has 0 aliphatic carbocycles. The Bertz CT molecular complexity index is 1090. The molecule has 10 heteroatoms. The van der Waals surface area contributed by atoms with Gasteiger partial charge in [0.05, 0.1) is 17.8 Å². The summed E-state index contributed by atoms with van der Waals surface area (Å²) in [6.07, 6.45) is 0.980. The summed E-state index contributed by atoms with van der Waals surface area (Å²) in [6.45, 7) is 15.5. The van der Waals surface area contributed by atoms with Gasteiger partial charge in [0.2, 0.25) is 0 Å². The summed E-state index contributed by atoms with van der Waals surface area (Å²) >= 11 is 0. The number of aromatic nitrogens is 2. The van der Waals surface area contributed by atoms with Crippen LogP contribution in [0.25, 0.3) is 0 Å². The third-order valence-electron chi connectivity index (χ3n) is 7.33. The second-order valence-electron chi connectivity index (χ2n) is 10.4. The van der Waals surface area contributed by atoms with Crippen molar-refractivity contribution in [3.8, 4) is 0 Å². The molecule has 2 N–H and O–H groups in total. The number of urea groups is 1. The van der Waals surface area contributed by atoms with E-state index in [1.165, 1.54) is 0 Å². The molecule has 1 saturated heterocycles. The quantitative estimate of drug-likeness (QED) is 0.606. The molecule has 4 rings (SSSR count). The van der Waals surface area contributed by atoms with Crippen LogP contribution in [-0.2, 0) is 16.8 Å². The number of fused-ring (bicyclic) bond motifs is 1. The van der Waals surface area contributed by atoms with E-state index in [1.807, 2.05) is 43.6 Å². The Morgan fingerprint density at radius 1 is 1.26 bits per heavy atom. The monoisotopic (exact) mass is 486 g/mol. The molecule has 3 amide bonds. The second-order valence-corrected chi connectivity index (χ2v) is 10.4. The molecule has 2 aromatic rings. The number of carbonyl (C=O) groups excluding carboxylic acids is 2. The van der Waals surface area contributed by atoms with E-state index in [2.05, 4.69) is 34.3 Å². The minimum atomic E-state index is -0.585. The molecule has 2 atom stereocenters. The van der Waals surface area contributed by atoms with Crippen LogP contribution in [0.15, 0.2) is 10.5 Å². The van der Waals surface area contributed by atoms with Crippen molar-refractivity contribution in [2.45, 2.75) is 72.1 Å². The lowest BCUT2D eigenvalue weighted by Crippen LogP contribution is -2.61.